The standard InChI is InChI=1S/C16H21BrFN5O/c1-3-19-16(21-10-15-22-11(2)24-23-15)20-8-4-5-12-6-7-13(17)9-14(12)18/h6-7,9H,3-5,8,10H2,1-2H3,(H2,19,20,21). The van der Waals surface area contributed by atoms with Gasteiger partial charge in [0.25, 0.3) is 0 Å². The Balaban J connectivity index is 1.80. The predicted octanol–water partition coefficient (Wildman–Crippen LogP) is 2.97. The van der Waals surface area contributed by atoms with Crippen molar-refractivity contribution in [1.29, 1.82) is 0 Å². The molecule has 0 aliphatic carbocycles. The summed E-state index contributed by atoms with van der Waals surface area (Å²) in [5.41, 5.74) is 0.712. The van der Waals surface area contributed by atoms with Crippen molar-refractivity contribution in [2.75, 3.05) is 13.1 Å². The van der Waals surface area contributed by atoms with E-state index in [-0.39, 0.29) is 5.82 Å². The molecule has 6 nitrogen and oxygen atoms in total. The number of nitrogens with zero attached hydrogens (tertiary/aromatic N) is 3. The van der Waals surface area contributed by atoms with Gasteiger partial charge in [0.05, 0.1) is 0 Å². The maximum Gasteiger partial charge on any atom is 0.223 e. The van der Waals surface area contributed by atoms with Gasteiger partial charge in [-0.15, -0.1) is 0 Å². The van der Waals surface area contributed by atoms with E-state index in [0.717, 1.165) is 17.4 Å². The van der Waals surface area contributed by atoms with Crippen LogP contribution >= 0.6 is 15.9 Å². The number of halogens is 2. The van der Waals surface area contributed by atoms with Crippen LogP contribution < -0.4 is 10.6 Å². The number of benzene rings is 1. The number of rotatable bonds is 7. The number of aryl methyl sites for hydroxylation is 2. The smallest absolute Gasteiger partial charge is 0.223 e. The third kappa shape index (κ3) is 5.92. The molecular weight excluding hydrogens is 377 g/mol. The van der Waals surface area contributed by atoms with Gasteiger partial charge in [-0.05, 0) is 37.5 Å². The van der Waals surface area contributed by atoms with Crippen molar-refractivity contribution in [2.45, 2.75) is 33.2 Å². The molecule has 0 saturated carbocycles. The molecule has 0 saturated heterocycles. The zero-order valence-electron chi connectivity index (χ0n) is 13.8. The Kier molecular flexibility index (Phi) is 7.17. The Bertz CT molecular complexity index is 689. The second-order valence-corrected chi connectivity index (χ2v) is 6.11. The zero-order valence-corrected chi connectivity index (χ0v) is 15.4. The molecule has 0 bridgehead atoms. The second-order valence-electron chi connectivity index (χ2n) is 5.19. The van der Waals surface area contributed by atoms with Crippen molar-refractivity contribution in [3.8, 4) is 0 Å². The van der Waals surface area contributed by atoms with Crippen molar-refractivity contribution in [3.63, 3.8) is 0 Å². The van der Waals surface area contributed by atoms with Gasteiger partial charge in [-0.1, -0.05) is 27.2 Å². The molecule has 2 rings (SSSR count). The van der Waals surface area contributed by atoms with E-state index in [1.807, 2.05) is 13.0 Å². The maximum absolute atomic E-state index is 13.8. The van der Waals surface area contributed by atoms with Crippen LogP contribution in [0.5, 0.6) is 0 Å². The van der Waals surface area contributed by atoms with Gasteiger partial charge in [-0.2, -0.15) is 4.98 Å². The average Bonchev–Trinajstić information content (AvgIpc) is 2.96. The first-order valence-corrected chi connectivity index (χ1v) is 8.63. The van der Waals surface area contributed by atoms with Crippen LogP contribution in [0.1, 0.15) is 30.6 Å². The second kappa shape index (κ2) is 9.36. The van der Waals surface area contributed by atoms with Crippen molar-refractivity contribution in [2.24, 2.45) is 4.99 Å². The molecule has 1 heterocycles. The lowest BCUT2D eigenvalue weighted by molar-refractivity contribution is 0.387. The topological polar surface area (TPSA) is 75.3 Å². The summed E-state index contributed by atoms with van der Waals surface area (Å²) in [7, 11) is 0. The maximum atomic E-state index is 13.8. The molecule has 0 amide bonds. The highest BCUT2D eigenvalue weighted by Crippen LogP contribution is 2.16. The van der Waals surface area contributed by atoms with Gasteiger partial charge in [0.1, 0.15) is 12.4 Å². The summed E-state index contributed by atoms with van der Waals surface area (Å²) in [5.74, 6) is 1.56. The van der Waals surface area contributed by atoms with E-state index in [1.54, 1.807) is 13.0 Å². The lowest BCUT2D eigenvalue weighted by Gasteiger charge is -2.11. The van der Waals surface area contributed by atoms with E-state index in [2.05, 4.69) is 41.7 Å². The lowest BCUT2D eigenvalue weighted by Crippen LogP contribution is -2.37. The Labute approximate surface area is 149 Å². The van der Waals surface area contributed by atoms with Crippen LogP contribution in [0.4, 0.5) is 4.39 Å². The number of nitrogens with one attached hydrogen (secondary N) is 2. The molecule has 130 valence electrons. The van der Waals surface area contributed by atoms with E-state index in [0.29, 0.717) is 42.7 Å². The van der Waals surface area contributed by atoms with E-state index < -0.39 is 0 Å². The first-order valence-electron chi connectivity index (χ1n) is 7.83. The minimum atomic E-state index is -0.183. The lowest BCUT2D eigenvalue weighted by atomic mass is 10.1. The molecule has 0 spiro atoms. The van der Waals surface area contributed by atoms with Crippen molar-refractivity contribution >= 4 is 21.9 Å². The highest BCUT2D eigenvalue weighted by Gasteiger charge is 2.04. The van der Waals surface area contributed by atoms with Crippen LogP contribution in [0, 0.1) is 12.7 Å². The van der Waals surface area contributed by atoms with Gasteiger partial charge >= 0.3 is 0 Å². The van der Waals surface area contributed by atoms with Gasteiger partial charge in [0.15, 0.2) is 11.8 Å². The fourth-order valence-corrected chi connectivity index (χ4v) is 2.44. The molecule has 0 unspecified atom stereocenters. The molecule has 0 aliphatic heterocycles. The van der Waals surface area contributed by atoms with Crippen LogP contribution in [0.15, 0.2) is 32.2 Å². The van der Waals surface area contributed by atoms with Gasteiger partial charge in [0, 0.05) is 24.5 Å². The molecule has 1 aromatic carbocycles. The summed E-state index contributed by atoms with van der Waals surface area (Å²) in [4.78, 5) is 8.51. The van der Waals surface area contributed by atoms with Crippen LogP contribution in [-0.4, -0.2) is 29.2 Å². The highest BCUT2D eigenvalue weighted by molar-refractivity contribution is 9.10. The van der Waals surface area contributed by atoms with Gasteiger partial charge in [-0.3, -0.25) is 0 Å². The Morgan fingerprint density at radius 3 is 2.88 bits per heavy atom. The molecule has 0 radical (unpaired) electrons. The van der Waals surface area contributed by atoms with Crippen molar-refractivity contribution < 1.29 is 8.91 Å². The quantitative estimate of drug-likeness (QED) is 0.426. The molecule has 0 atom stereocenters. The number of guanidine groups is 1. The van der Waals surface area contributed by atoms with Crippen molar-refractivity contribution in [3.05, 3.63) is 45.8 Å². The molecular formula is C16H21BrFN5O. The molecule has 2 N–H and O–H groups in total. The molecule has 1 aromatic heterocycles. The first-order chi connectivity index (χ1) is 11.6. The minimum absolute atomic E-state index is 0.183. The third-order valence-electron chi connectivity index (χ3n) is 3.22. The molecule has 2 aromatic rings. The zero-order chi connectivity index (χ0) is 17.4. The molecule has 0 aliphatic rings. The highest BCUT2D eigenvalue weighted by atomic mass is 79.9. The fourth-order valence-electron chi connectivity index (χ4n) is 2.11. The number of hydrogen-bond donors (Lipinski definition) is 2. The third-order valence-corrected chi connectivity index (χ3v) is 3.72. The molecule has 8 heteroatoms. The average molecular weight is 398 g/mol. The summed E-state index contributed by atoms with van der Waals surface area (Å²) in [6.45, 7) is 5.51. The number of hydrogen-bond acceptors (Lipinski definition) is 4. The summed E-state index contributed by atoms with van der Waals surface area (Å²) in [6.07, 6.45) is 1.46. The van der Waals surface area contributed by atoms with Gasteiger partial charge in [-0.25, -0.2) is 9.38 Å². The number of aromatic nitrogens is 2. The predicted molar refractivity (Wildman–Crippen MR) is 94.3 cm³/mol. The monoisotopic (exact) mass is 397 g/mol. The number of aliphatic imine (C=N–C) groups is 1. The minimum Gasteiger partial charge on any atom is -0.357 e. The summed E-state index contributed by atoms with van der Waals surface area (Å²) in [6, 6.07) is 5.14. The van der Waals surface area contributed by atoms with E-state index in [4.69, 9.17) is 4.52 Å². The van der Waals surface area contributed by atoms with Gasteiger partial charge in [0.2, 0.25) is 5.89 Å². The normalized spacial score (nSPS) is 11.6. The van der Waals surface area contributed by atoms with E-state index >= 15 is 0 Å². The van der Waals surface area contributed by atoms with Crippen molar-refractivity contribution in [1.82, 2.24) is 20.8 Å². The largest absolute Gasteiger partial charge is 0.357 e. The van der Waals surface area contributed by atoms with Gasteiger partial charge < -0.3 is 15.2 Å². The molecule has 24 heavy (non-hydrogen) atoms. The SMILES string of the molecule is CCNC(=NCc1noc(C)n1)NCCCc1ccc(Br)cc1F. The molecule has 0 fully saturated rings. The summed E-state index contributed by atoms with van der Waals surface area (Å²) in [5, 5.41) is 10.2. The van der Waals surface area contributed by atoms with Crippen LogP contribution in [0.25, 0.3) is 0 Å². The Hall–Kier alpha value is -1.96. The summed E-state index contributed by atoms with van der Waals surface area (Å²) < 4.78 is 19.4. The van der Waals surface area contributed by atoms with E-state index in [1.165, 1.54) is 6.07 Å². The Morgan fingerprint density at radius 2 is 2.21 bits per heavy atom. The summed E-state index contributed by atoms with van der Waals surface area (Å²) >= 11 is 3.26. The fraction of sp³-hybridized carbons (Fsp3) is 0.438. The van der Waals surface area contributed by atoms with E-state index in [9.17, 15) is 4.39 Å². The first kappa shape index (κ1) is 18.4. The van der Waals surface area contributed by atoms with Crippen LogP contribution in [0.3, 0.4) is 0 Å². The van der Waals surface area contributed by atoms with Crippen LogP contribution in [-0.2, 0) is 13.0 Å². The Morgan fingerprint density at radius 1 is 1.38 bits per heavy atom. The van der Waals surface area contributed by atoms with Crippen LogP contribution in [0.2, 0.25) is 0 Å².